The van der Waals surface area contributed by atoms with Crippen LogP contribution in [0.3, 0.4) is 0 Å². The molecule has 9 aromatic carbocycles. The van der Waals surface area contributed by atoms with Gasteiger partial charge in [-0.15, -0.1) is 0 Å². The quantitative estimate of drug-likeness (QED) is 0.167. The van der Waals surface area contributed by atoms with Gasteiger partial charge >= 0.3 is 0 Å². The number of para-hydroxylation sites is 1. The lowest BCUT2D eigenvalue weighted by Crippen LogP contribution is -2.11. The molecule has 0 heterocycles. The molecule has 49 heavy (non-hydrogen) atoms. The second kappa shape index (κ2) is 12.3. The van der Waals surface area contributed by atoms with E-state index in [-0.39, 0.29) is 0 Å². The second-order valence-electron chi connectivity index (χ2n) is 12.6. The first-order valence-corrected chi connectivity index (χ1v) is 16.8. The molecule has 0 aliphatic rings. The Morgan fingerprint density at radius 3 is 1.55 bits per heavy atom. The van der Waals surface area contributed by atoms with Crippen LogP contribution in [0.15, 0.2) is 200 Å². The number of nitrogens with zero attached hydrogens (tertiary/aromatic N) is 1. The SMILES string of the molecule is c1ccc(-c2ccccc2N(c2ccc(-c3ccc4ccccc4c3)cc2)c2ccc(-c3cc4ccccc4c4ccccc34)cc2)cc1. The molecule has 0 atom stereocenters. The van der Waals surface area contributed by atoms with Gasteiger partial charge in [-0.3, -0.25) is 0 Å². The predicted molar refractivity (Wildman–Crippen MR) is 210 cm³/mol. The molecule has 0 saturated heterocycles. The van der Waals surface area contributed by atoms with Gasteiger partial charge in [-0.25, -0.2) is 0 Å². The maximum Gasteiger partial charge on any atom is 0.0540 e. The summed E-state index contributed by atoms with van der Waals surface area (Å²) in [5.41, 5.74) is 10.6. The van der Waals surface area contributed by atoms with Gasteiger partial charge in [-0.2, -0.15) is 0 Å². The Kier molecular flexibility index (Phi) is 7.22. The molecule has 230 valence electrons. The fourth-order valence-corrected chi connectivity index (χ4v) is 7.21. The van der Waals surface area contributed by atoms with Crippen molar-refractivity contribution in [3.05, 3.63) is 200 Å². The van der Waals surface area contributed by atoms with Gasteiger partial charge in [0.25, 0.3) is 0 Å². The minimum absolute atomic E-state index is 1.11. The number of anilines is 3. The topological polar surface area (TPSA) is 3.24 Å². The van der Waals surface area contributed by atoms with Gasteiger partial charge < -0.3 is 4.90 Å². The Morgan fingerprint density at radius 1 is 0.265 bits per heavy atom. The van der Waals surface area contributed by atoms with Crippen LogP contribution in [0, 0.1) is 0 Å². The molecular weight excluding hydrogens is 591 g/mol. The average molecular weight is 624 g/mol. The zero-order chi connectivity index (χ0) is 32.6. The summed E-state index contributed by atoms with van der Waals surface area (Å²) in [4.78, 5) is 2.38. The van der Waals surface area contributed by atoms with Gasteiger partial charge in [0.15, 0.2) is 0 Å². The summed E-state index contributed by atoms with van der Waals surface area (Å²) in [6.45, 7) is 0. The van der Waals surface area contributed by atoms with E-state index in [0.29, 0.717) is 0 Å². The molecule has 9 rings (SSSR count). The molecule has 0 amide bonds. The molecular formula is C48H33N. The van der Waals surface area contributed by atoms with Crippen LogP contribution >= 0.6 is 0 Å². The number of hydrogen-bond donors (Lipinski definition) is 0. The summed E-state index contributed by atoms with van der Waals surface area (Å²) in [6, 6.07) is 72.4. The van der Waals surface area contributed by atoms with Gasteiger partial charge in [0, 0.05) is 16.9 Å². The smallest absolute Gasteiger partial charge is 0.0540 e. The van der Waals surface area contributed by atoms with Crippen LogP contribution in [0.25, 0.3) is 65.7 Å². The van der Waals surface area contributed by atoms with Crippen LogP contribution in [-0.4, -0.2) is 0 Å². The Bertz CT molecular complexity index is 2580. The minimum Gasteiger partial charge on any atom is -0.310 e. The first kappa shape index (κ1) is 28.8. The minimum atomic E-state index is 1.11. The molecule has 0 aliphatic heterocycles. The fourth-order valence-electron chi connectivity index (χ4n) is 7.21. The van der Waals surface area contributed by atoms with Crippen LogP contribution < -0.4 is 4.90 Å². The summed E-state index contributed by atoms with van der Waals surface area (Å²) in [7, 11) is 0. The van der Waals surface area contributed by atoms with Crippen LogP contribution in [0.2, 0.25) is 0 Å². The number of hydrogen-bond acceptors (Lipinski definition) is 1. The summed E-state index contributed by atoms with van der Waals surface area (Å²) in [6.07, 6.45) is 0. The molecule has 0 N–H and O–H groups in total. The summed E-state index contributed by atoms with van der Waals surface area (Å²) < 4.78 is 0. The van der Waals surface area contributed by atoms with Gasteiger partial charge in [0.05, 0.1) is 5.69 Å². The van der Waals surface area contributed by atoms with Crippen LogP contribution in [0.1, 0.15) is 0 Å². The van der Waals surface area contributed by atoms with Crippen molar-refractivity contribution in [2.24, 2.45) is 0 Å². The molecule has 0 aromatic heterocycles. The van der Waals surface area contributed by atoms with Gasteiger partial charge in [-0.05, 0) is 103 Å². The van der Waals surface area contributed by atoms with E-state index in [1.54, 1.807) is 0 Å². The Morgan fingerprint density at radius 2 is 0.796 bits per heavy atom. The van der Waals surface area contributed by atoms with E-state index in [2.05, 4.69) is 205 Å². The lowest BCUT2D eigenvalue weighted by molar-refractivity contribution is 1.28. The number of rotatable bonds is 6. The van der Waals surface area contributed by atoms with Crippen molar-refractivity contribution in [2.45, 2.75) is 0 Å². The lowest BCUT2D eigenvalue weighted by Gasteiger charge is -2.28. The van der Waals surface area contributed by atoms with E-state index in [1.165, 1.54) is 65.7 Å². The summed E-state index contributed by atoms with van der Waals surface area (Å²) in [5.74, 6) is 0. The van der Waals surface area contributed by atoms with Crippen molar-refractivity contribution in [2.75, 3.05) is 4.90 Å². The summed E-state index contributed by atoms with van der Waals surface area (Å²) in [5, 5.41) is 7.60. The fraction of sp³-hybridized carbons (Fsp3) is 0. The van der Waals surface area contributed by atoms with Crippen LogP contribution in [-0.2, 0) is 0 Å². The van der Waals surface area contributed by atoms with Crippen molar-refractivity contribution < 1.29 is 0 Å². The lowest BCUT2D eigenvalue weighted by atomic mass is 9.93. The highest BCUT2D eigenvalue weighted by atomic mass is 15.1. The molecule has 0 radical (unpaired) electrons. The first-order valence-electron chi connectivity index (χ1n) is 16.8. The molecule has 0 unspecified atom stereocenters. The van der Waals surface area contributed by atoms with Crippen molar-refractivity contribution in [1.29, 1.82) is 0 Å². The Hall–Kier alpha value is -6.44. The molecule has 9 aromatic rings. The molecule has 1 heteroatoms. The standard InChI is InChI=1S/C48H33N/c1-2-13-36(14-3-1)44-18-10-11-21-48(44)49(41-28-24-35(25-29-41)39-23-22-34-12-4-5-15-38(34)32-39)42-30-26-37(27-31-42)47-33-40-16-6-7-17-43(40)45-19-8-9-20-46(45)47/h1-33H. The van der Waals surface area contributed by atoms with Gasteiger partial charge in [0.1, 0.15) is 0 Å². The van der Waals surface area contributed by atoms with E-state index in [4.69, 9.17) is 0 Å². The van der Waals surface area contributed by atoms with E-state index < -0.39 is 0 Å². The highest BCUT2D eigenvalue weighted by Gasteiger charge is 2.18. The molecule has 0 fully saturated rings. The van der Waals surface area contributed by atoms with E-state index in [0.717, 1.165) is 17.1 Å². The third-order valence-corrected chi connectivity index (χ3v) is 9.64. The van der Waals surface area contributed by atoms with Crippen molar-refractivity contribution in [1.82, 2.24) is 0 Å². The van der Waals surface area contributed by atoms with Crippen molar-refractivity contribution in [3.63, 3.8) is 0 Å². The van der Waals surface area contributed by atoms with Crippen LogP contribution in [0.5, 0.6) is 0 Å². The zero-order valence-electron chi connectivity index (χ0n) is 27.0. The third kappa shape index (κ3) is 5.32. The van der Waals surface area contributed by atoms with E-state index >= 15 is 0 Å². The zero-order valence-corrected chi connectivity index (χ0v) is 27.0. The Balaban J connectivity index is 1.17. The van der Waals surface area contributed by atoms with Gasteiger partial charge in [0.2, 0.25) is 0 Å². The largest absolute Gasteiger partial charge is 0.310 e. The predicted octanol–water partition coefficient (Wildman–Crippen LogP) is 13.6. The maximum atomic E-state index is 2.38. The average Bonchev–Trinajstić information content (AvgIpc) is 3.19. The van der Waals surface area contributed by atoms with E-state index in [1.807, 2.05) is 0 Å². The van der Waals surface area contributed by atoms with Crippen molar-refractivity contribution >= 4 is 49.4 Å². The molecule has 0 spiro atoms. The number of benzene rings is 9. The molecule has 0 saturated carbocycles. The normalized spacial score (nSPS) is 11.3. The Labute approximate surface area is 287 Å². The molecule has 1 nitrogen and oxygen atoms in total. The van der Waals surface area contributed by atoms with Gasteiger partial charge in [-0.1, -0.05) is 158 Å². The molecule has 0 aliphatic carbocycles. The first-order chi connectivity index (χ1) is 24.3. The highest BCUT2D eigenvalue weighted by molar-refractivity contribution is 6.13. The van der Waals surface area contributed by atoms with Crippen LogP contribution in [0.4, 0.5) is 17.1 Å². The van der Waals surface area contributed by atoms with Crippen molar-refractivity contribution in [3.8, 4) is 33.4 Å². The highest BCUT2D eigenvalue weighted by Crippen LogP contribution is 2.42. The molecule has 0 bridgehead atoms. The summed E-state index contributed by atoms with van der Waals surface area (Å²) >= 11 is 0. The maximum absolute atomic E-state index is 2.38. The van der Waals surface area contributed by atoms with E-state index in [9.17, 15) is 0 Å². The third-order valence-electron chi connectivity index (χ3n) is 9.64. The monoisotopic (exact) mass is 623 g/mol. The number of fused-ring (bicyclic) bond motifs is 4. The second-order valence-corrected chi connectivity index (χ2v) is 12.6.